The fourth-order valence-electron chi connectivity index (χ4n) is 1.47. The van der Waals surface area contributed by atoms with E-state index in [0.29, 0.717) is 17.9 Å². The van der Waals surface area contributed by atoms with Crippen LogP contribution in [0.25, 0.3) is 0 Å². The molecule has 0 unspecified atom stereocenters. The van der Waals surface area contributed by atoms with Crippen molar-refractivity contribution < 1.29 is 14.5 Å². The zero-order valence-corrected chi connectivity index (χ0v) is 11.8. The van der Waals surface area contributed by atoms with Crippen LogP contribution in [0, 0.1) is 10.1 Å². The number of hydrogen-bond donors (Lipinski definition) is 2. The van der Waals surface area contributed by atoms with Gasteiger partial charge in [-0.05, 0) is 26.8 Å². The first-order valence-electron chi connectivity index (χ1n) is 6.12. The largest absolute Gasteiger partial charge is 0.483 e. The first-order valence-corrected chi connectivity index (χ1v) is 6.12. The maximum Gasteiger partial charge on any atom is 0.270 e. The molecular formula is C13H19N3O4. The molecular weight excluding hydrogens is 262 g/mol. The maximum absolute atomic E-state index is 10.8. The Bertz CT molecular complexity index is 509. The summed E-state index contributed by atoms with van der Waals surface area (Å²) in [6.45, 7) is 6.07. The molecule has 1 aromatic carbocycles. The standard InChI is InChI=1S/C13H19N3O4/c1-13(2,3)15-7-9-6-10(16(18)19)4-5-11(9)20-8-12(14)17/h4-6,15H,7-8H2,1-3H3,(H2,14,17). The number of ether oxygens (including phenoxy) is 1. The number of primary amides is 1. The van der Waals surface area contributed by atoms with Crippen LogP contribution in [0.4, 0.5) is 5.69 Å². The number of nitrogens with two attached hydrogens (primary N) is 1. The van der Waals surface area contributed by atoms with E-state index < -0.39 is 10.8 Å². The second-order valence-electron chi connectivity index (χ2n) is 5.41. The third-order valence-electron chi connectivity index (χ3n) is 2.43. The Morgan fingerprint density at radius 1 is 1.45 bits per heavy atom. The zero-order chi connectivity index (χ0) is 15.3. The van der Waals surface area contributed by atoms with Gasteiger partial charge in [0.1, 0.15) is 5.75 Å². The number of benzene rings is 1. The monoisotopic (exact) mass is 281 g/mol. The van der Waals surface area contributed by atoms with Gasteiger partial charge >= 0.3 is 0 Å². The highest BCUT2D eigenvalue weighted by Gasteiger charge is 2.15. The number of nitrogens with one attached hydrogen (secondary N) is 1. The summed E-state index contributed by atoms with van der Waals surface area (Å²) < 4.78 is 5.26. The van der Waals surface area contributed by atoms with Gasteiger partial charge in [0, 0.05) is 29.8 Å². The maximum atomic E-state index is 10.8. The van der Waals surface area contributed by atoms with Crippen molar-refractivity contribution in [3.63, 3.8) is 0 Å². The lowest BCUT2D eigenvalue weighted by Crippen LogP contribution is -2.35. The molecule has 0 saturated heterocycles. The summed E-state index contributed by atoms with van der Waals surface area (Å²) in [6, 6.07) is 4.23. The molecule has 0 aliphatic rings. The van der Waals surface area contributed by atoms with E-state index in [9.17, 15) is 14.9 Å². The molecule has 0 fully saturated rings. The van der Waals surface area contributed by atoms with Crippen molar-refractivity contribution in [1.29, 1.82) is 0 Å². The summed E-state index contributed by atoms with van der Waals surface area (Å²) in [5.74, 6) is -0.191. The predicted octanol–water partition coefficient (Wildman–Crippen LogP) is 1.35. The van der Waals surface area contributed by atoms with E-state index in [-0.39, 0.29) is 17.8 Å². The Labute approximate surface area is 117 Å². The Morgan fingerprint density at radius 3 is 2.60 bits per heavy atom. The van der Waals surface area contributed by atoms with Crippen LogP contribution in [-0.2, 0) is 11.3 Å². The van der Waals surface area contributed by atoms with Gasteiger partial charge in [-0.2, -0.15) is 0 Å². The zero-order valence-electron chi connectivity index (χ0n) is 11.8. The second kappa shape index (κ2) is 6.33. The number of carbonyl (C=O) groups is 1. The van der Waals surface area contributed by atoms with Gasteiger partial charge in [0.15, 0.2) is 6.61 Å². The number of rotatable bonds is 6. The minimum Gasteiger partial charge on any atom is -0.483 e. The summed E-state index contributed by atoms with van der Waals surface area (Å²) in [6.07, 6.45) is 0. The molecule has 3 N–H and O–H groups in total. The fraction of sp³-hybridized carbons (Fsp3) is 0.462. The van der Waals surface area contributed by atoms with E-state index in [2.05, 4.69) is 5.32 Å². The molecule has 0 aliphatic heterocycles. The van der Waals surface area contributed by atoms with Crippen molar-refractivity contribution in [2.24, 2.45) is 5.73 Å². The molecule has 0 radical (unpaired) electrons. The molecule has 20 heavy (non-hydrogen) atoms. The Hall–Kier alpha value is -2.15. The second-order valence-corrected chi connectivity index (χ2v) is 5.41. The molecule has 110 valence electrons. The summed E-state index contributed by atoms with van der Waals surface area (Å²) in [4.78, 5) is 21.1. The minimum atomic E-state index is -0.599. The first kappa shape index (κ1) is 15.9. The average Bonchev–Trinajstić information content (AvgIpc) is 2.33. The van der Waals surface area contributed by atoms with Crippen LogP contribution in [0.2, 0.25) is 0 Å². The fourth-order valence-corrected chi connectivity index (χ4v) is 1.47. The van der Waals surface area contributed by atoms with Gasteiger partial charge in [-0.1, -0.05) is 0 Å². The van der Waals surface area contributed by atoms with Crippen LogP contribution < -0.4 is 15.8 Å². The average molecular weight is 281 g/mol. The number of non-ortho nitro benzene ring substituents is 1. The third-order valence-corrected chi connectivity index (χ3v) is 2.43. The summed E-state index contributed by atoms with van der Waals surface area (Å²) in [7, 11) is 0. The number of carbonyl (C=O) groups excluding carboxylic acids is 1. The van der Waals surface area contributed by atoms with E-state index in [1.54, 1.807) is 0 Å². The van der Waals surface area contributed by atoms with Crippen molar-refractivity contribution in [3.8, 4) is 5.75 Å². The number of amides is 1. The molecule has 0 heterocycles. The van der Waals surface area contributed by atoms with Gasteiger partial charge in [-0.3, -0.25) is 14.9 Å². The predicted molar refractivity (Wildman–Crippen MR) is 74.4 cm³/mol. The van der Waals surface area contributed by atoms with Gasteiger partial charge in [0.05, 0.1) is 4.92 Å². The van der Waals surface area contributed by atoms with Crippen molar-refractivity contribution in [2.75, 3.05) is 6.61 Å². The number of nitro groups is 1. The SMILES string of the molecule is CC(C)(C)NCc1cc([N+](=O)[O-])ccc1OCC(N)=O. The molecule has 7 heteroatoms. The summed E-state index contributed by atoms with van der Waals surface area (Å²) in [5.41, 5.74) is 5.46. The van der Waals surface area contributed by atoms with E-state index in [0.717, 1.165) is 0 Å². The third kappa shape index (κ3) is 5.23. The molecule has 0 bridgehead atoms. The quantitative estimate of drug-likeness (QED) is 0.604. The van der Waals surface area contributed by atoms with Gasteiger partial charge in [-0.25, -0.2) is 0 Å². The molecule has 0 spiro atoms. The van der Waals surface area contributed by atoms with Gasteiger partial charge in [0.2, 0.25) is 0 Å². The summed E-state index contributed by atoms with van der Waals surface area (Å²) in [5, 5.41) is 14.0. The number of nitro benzene ring substituents is 1. The molecule has 7 nitrogen and oxygen atoms in total. The van der Waals surface area contributed by atoms with Crippen molar-refractivity contribution >= 4 is 11.6 Å². The van der Waals surface area contributed by atoms with Crippen LogP contribution >= 0.6 is 0 Å². The van der Waals surface area contributed by atoms with Gasteiger partial charge in [-0.15, -0.1) is 0 Å². The Morgan fingerprint density at radius 2 is 2.10 bits per heavy atom. The van der Waals surface area contributed by atoms with E-state index in [1.807, 2.05) is 20.8 Å². The van der Waals surface area contributed by atoms with Crippen LogP contribution in [0.5, 0.6) is 5.75 Å². The lowest BCUT2D eigenvalue weighted by molar-refractivity contribution is -0.384. The molecule has 0 aliphatic carbocycles. The topological polar surface area (TPSA) is 107 Å². The molecule has 1 amide bonds. The van der Waals surface area contributed by atoms with Crippen molar-refractivity contribution in [3.05, 3.63) is 33.9 Å². The molecule has 1 aromatic rings. The van der Waals surface area contributed by atoms with Crippen LogP contribution in [0.15, 0.2) is 18.2 Å². The lowest BCUT2D eigenvalue weighted by Gasteiger charge is -2.21. The molecule has 0 saturated carbocycles. The molecule has 0 aromatic heterocycles. The van der Waals surface area contributed by atoms with E-state index in [1.165, 1.54) is 18.2 Å². The number of hydrogen-bond acceptors (Lipinski definition) is 5. The number of nitrogens with zero attached hydrogens (tertiary/aromatic N) is 1. The molecule has 0 atom stereocenters. The van der Waals surface area contributed by atoms with Crippen molar-refractivity contribution in [1.82, 2.24) is 5.32 Å². The lowest BCUT2D eigenvalue weighted by atomic mass is 10.1. The van der Waals surface area contributed by atoms with Gasteiger partial charge in [0.25, 0.3) is 11.6 Å². The van der Waals surface area contributed by atoms with Crippen LogP contribution in [0.3, 0.4) is 0 Å². The highest BCUT2D eigenvalue weighted by Crippen LogP contribution is 2.24. The van der Waals surface area contributed by atoms with Crippen molar-refractivity contribution in [2.45, 2.75) is 32.9 Å². The molecule has 1 rings (SSSR count). The van der Waals surface area contributed by atoms with E-state index in [4.69, 9.17) is 10.5 Å². The van der Waals surface area contributed by atoms with E-state index >= 15 is 0 Å². The van der Waals surface area contributed by atoms with Crippen LogP contribution in [-0.4, -0.2) is 23.0 Å². The summed E-state index contributed by atoms with van der Waals surface area (Å²) >= 11 is 0. The minimum absolute atomic E-state index is 0.0258. The Balaban J connectivity index is 2.96. The van der Waals surface area contributed by atoms with Crippen LogP contribution in [0.1, 0.15) is 26.3 Å². The smallest absolute Gasteiger partial charge is 0.270 e. The highest BCUT2D eigenvalue weighted by atomic mass is 16.6. The van der Waals surface area contributed by atoms with Gasteiger partial charge < -0.3 is 15.8 Å². The highest BCUT2D eigenvalue weighted by molar-refractivity contribution is 5.75. The normalized spacial score (nSPS) is 11.2. The Kier molecular flexibility index (Phi) is 5.04. The first-order chi connectivity index (χ1) is 9.19.